The maximum atomic E-state index is 9.02. The van der Waals surface area contributed by atoms with Crippen molar-refractivity contribution in [2.45, 2.75) is 46.8 Å². The summed E-state index contributed by atoms with van der Waals surface area (Å²) in [5.74, 6) is 0. The Morgan fingerprint density at radius 1 is 1.35 bits per heavy atom. The Hall–Kier alpha value is -1.82. The van der Waals surface area contributed by atoms with Crippen LogP contribution >= 0.6 is 0 Å². The first kappa shape index (κ1) is 14.6. The molecule has 0 amide bonds. The molecule has 2 rings (SSSR count). The van der Waals surface area contributed by atoms with E-state index in [1.165, 1.54) is 5.56 Å². The van der Waals surface area contributed by atoms with Gasteiger partial charge in [-0.15, -0.1) is 0 Å². The summed E-state index contributed by atoms with van der Waals surface area (Å²) in [6.07, 6.45) is 3.84. The normalized spacial score (nSPS) is 11.3. The van der Waals surface area contributed by atoms with Crippen LogP contribution < -0.4 is 5.32 Å². The van der Waals surface area contributed by atoms with Gasteiger partial charge in [-0.05, 0) is 27.7 Å². The number of aliphatic hydroxyl groups excluding tert-OH is 1. The predicted molar refractivity (Wildman–Crippen MR) is 78.7 cm³/mol. The van der Waals surface area contributed by atoms with Crippen LogP contribution in [0.25, 0.3) is 0 Å². The maximum absolute atomic E-state index is 9.02. The fourth-order valence-electron chi connectivity index (χ4n) is 2.20. The van der Waals surface area contributed by atoms with Crippen LogP contribution in [0.15, 0.2) is 12.4 Å². The SMILES string of the molecule is Cc1nn(CCO)c(C)c1CNc1cnn(C(C)C)c1. The Morgan fingerprint density at radius 3 is 2.70 bits per heavy atom. The van der Waals surface area contributed by atoms with Gasteiger partial charge in [-0.3, -0.25) is 9.36 Å². The molecule has 0 saturated carbocycles. The minimum atomic E-state index is 0.107. The molecule has 2 heterocycles. The van der Waals surface area contributed by atoms with Gasteiger partial charge >= 0.3 is 0 Å². The average Bonchev–Trinajstić information content (AvgIpc) is 2.95. The second-order valence-electron chi connectivity index (χ2n) is 5.25. The monoisotopic (exact) mass is 277 g/mol. The van der Waals surface area contributed by atoms with Gasteiger partial charge in [0.05, 0.1) is 30.7 Å². The van der Waals surface area contributed by atoms with E-state index in [1.807, 2.05) is 35.6 Å². The lowest BCUT2D eigenvalue weighted by atomic mass is 10.2. The number of hydrogen-bond acceptors (Lipinski definition) is 4. The summed E-state index contributed by atoms with van der Waals surface area (Å²) >= 11 is 0. The van der Waals surface area contributed by atoms with Gasteiger partial charge in [0.15, 0.2) is 0 Å². The van der Waals surface area contributed by atoms with Gasteiger partial charge in [0.2, 0.25) is 0 Å². The molecule has 0 saturated heterocycles. The Bertz CT molecular complexity index is 570. The summed E-state index contributed by atoms with van der Waals surface area (Å²) in [4.78, 5) is 0. The molecule has 0 spiro atoms. The zero-order chi connectivity index (χ0) is 14.7. The summed E-state index contributed by atoms with van der Waals surface area (Å²) in [6.45, 7) is 9.59. The average molecular weight is 277 g/mol. The Kier molecular flexibility index (Phi) is 4.44. The molecule has 2 N–H and O–H groups in total. The summed E-state index contributed by atoms with van der Waals surface area (Å²) in [5, 5.41) is 21.1. The lowest BCUT2D eigenvalue weighted by molar-refractivity contribution is 0.268. The molecule has 0 fully saturated rings. The van der Waals surface area contributed by atoms with Crippen LogP contribution in [-0.4, -0.2) is 31.3 Å². The summed E-state index contributed by atoms with van der Waals surface area (Å²) in [6, 6.07) is 0.362. The molecule has 110 valence electrons. The molecule has 2 aromatic heterocycles. The molecular weight excluding hydrogens is 254 g/mol. The van der Waals surface area contributed by atoms with Crippen molar-refractivity contribution in [1.29, 1.82) is 0 Å². The van der Waals surface area contributed by atoms with Crippen LogP contribution in [0.1, 0.15) is 36.8 Å². The van der Waals surface area contributed by atoms with E-state index in [-0.39, 0.29) is 6.61 Å². The van der Waals surface area contributed by atoms with Gasteiger partial charge in [-0.25, -0.2) is 0 Å². The highest BCUT2D eigenvalue weighted by atomic mass is 16.3. The van der Waals surface area contributed by atoms with Crippen LogP contribution in [0.5, 0.6) is 0 Å². The third-order valence-corrected chi connectivity index (χ3v) is 3.44. The molecule has 0 unspecified atom stereocenters. The van der Waals surface area contributed by atoms with Crippen molar-refractivity contribution in [2.75, 3.05) is 11.9 Å². The highest BCUT2D eigenvalue weighted by Gasteiger charge is 2.11. The lowest BCUT2D eigenvalue weighted by Gasteiger charge is -2.06. The van der Waals surface area contributed by atoms with Crippen molar-refractivity contribution in [3.8, 4) is 0 Å². The minimum absolute atomic E-state index is 0.107. The molecule has 0 atom stereocenters. The van der Waals surface area contributed by atoms with Crippen molar-refractivity contribution in [3.63, 3.8) is 0 Å². The predicted octanol–water partition coefficient (Wildman–Crippen LogP) is 1.88. The fraction of sp³-hybridized carbons (Fsp3) is 0.571. The van der Waals surface area contributed by atoms with E-state index in [1.54, 1.807) is 0 Å². The number of aromatic nitrogens is 4. The van der Waals surface area contributed by atoms with E-state index in [0.717, 1.165) is 17.1 Å². The summed E-state index contributed by atoms with van der Waals surface area (Å²) in [7, 11) is 0. The van der Waals surface area contributed by atoms with Crippen LogP contribution in [-0.2, 0) is 13.1 Å². The molecule has 0 aliphatic heterocycles. The Morgan fingerprint density at radius 2 is 2.10 bits per heavy atom. The first-order valence-electron chi connectivity index (χ1n) is 6.94. The fourth-order valence-corrected chi connectivity index (χ4v) is 2.20. The van der Waals surface area contributed by atoms with Crippen LogP contribution in [0, 0.1) is 13.8 Å². The van der Waals surface area contributed by atoms with Gasteiger partial charge in [-0.1, -0.05) is 0 Å². The second-order valence-corrected chi connectivity index (χ2v) is 5.25. The quantitative estimate of drug-likeness (QED) is 0.846. The van der Waals surface area contributed by atoms with E-state index in [0.29, 0.717) is 19.1 Å². The first-order valence-corrected chi connectivity index (χ1v) is 6.94. The van der Waals surface area contributed by atoms with Gasteiger partial charge in [0.25, 0.3) is 0 Å². The molecule has 20 heavy (non-hydrogen) atoms. The standard InChI is InChI=1S/C14H23N5O/c1-10(2)19-9-13(7-16-19)15-8-14-11(3)17-18(5-6-20)12(14)4/h7,9-10,15,20H,5-6,8H2,1-4H3. The zero-order valence-corrected chi connectivity index (χ0v) is 12.6. The number of anilines is 1. The van der Waals surface area contributed by atoms with Crippen LogP contribution in [0.3, 0.4) is 0 Å². The van der Waals surface area contributed by atoms with E-state index in [4.69, 9.17) is 5.11 Å². The zero-order valence-electron chi connectivity index (χ0n) is 12.6. The number of nitrogens with zero attached hydrogens (tertiary/aromatic N) is 4. The largest absolute Gasteiger partial charge is 0.394 e. The molecule has 0 bridgehead atoms. The summed E-state index contributed by atoms with van der Waals surface area (Å²) < 4.78 is 3.78. The van der Waals surface area contributed by atoms with Crippen molar-refractivity contribution in [2.24, 2.45) is 0 Å². The first-order chi connectivity index (χ1) is 9.52. The van der Waals surface area contributed by atoms with Gasteiger partial charge in [0, 0.05) is 30.0 Å². The Balaban J connectivity index is 2.06. The second kappa shape index (κ2) is 6.09. The van der Waals surface area contributed by atoms with Crippen molar-refractivity contribution >= 4 is 5.69 Å². The highest BCUT2D eigenvalue weighted by Crippen LogP contribution is 2.16. The molecule has 2 aromatic rings. The van der Waals surface area contributed by atoms with Crippen molar-refractivity contribution < 1.29 is 5.11 Å². The topological polar surface area (TPSA) is 67.9 Å². The molecule has 0 radical (unpaired) electrons. The van der Waals surface area contributed by atoms with Crippen LogP contribution in [0.2, 0.25) is 0 Å². The molecule has 0 aromatic carbocycles. The lowest BCUT2D eigenvalue weighted by Crippen LogP contribution is -2.07. The number of aliphatic hydroxyl groups is 1. The molecular formula is C14H23N5O. The summed E-state index contributed by atoms with van der Waals surface area (Å²) in [5.41, 5.74) is 4.28. The minimum Gasteiger partial charge on any atom is -0.394 e. The van der Waals surface area contributed by atoms with Gasteiger partial charge in [-0.2, -0.15) is 10.2 Å². The van der Waals surface area contributed by atoms with Crippen molar-refractivity contribution in [1.82, 2.24) is 19.6 Å². The maximum Gasteiger partial charge on any atom is 0.0729 e. The van der Waals surface area contributed by atoms with E-state index in [9.17, 15) is 0 Å². The third kappa shape index (κ3) is 3.01. The third-order valence-electron chi connectivity index (χ3n) is 3.44. The van der Waals surface area contributed by atoms with Gasteiger partial charge in [0.1, 0.15) is 0 Å². The smallest absolute Gasteiger partial charge is 0.0729 e. The number of rotatable bonds is 6. The highest BCUT2D eigenvalue weighted by molar-refractivity contribution is 5.40. The molecule has 0 aliphatic carbocycles. The van der Waals surface area contributed by atoms with Gasteiger partial charge < -0.3 is 10.4 Å². The van der Waals surface area contributed by atoms with E-state index >= 15 is 0 Å². The van der Waals surface area contributed by atoms with Crippen molar-refractivity contribution in [3.05, 3.63) is 29.3 Å². The Labute approximate surface area is 119 Å². The van der Waals surface area contributed by atoms with Crippen LogP contribution in [0.4, 0.5) is 5.69 Å². The van der Waals surface area contributed by atoms with E-state index < -0.39 is 0 Å². The number of aryl methyl sites for hydroxylation is 1. The molecule has 6 heteroatoms. The molecule has 0 aliphatic rings. The molecule has 6 nitrogen and oxygen atoms in total. The number of nitrogens with one attached hydrogen (secondary N) is 1. The number of hydrogen-bond donors (Lipinski definition) is 2. The van der Waals surface area contributed by atoms with E-state index in [2.05, 4.69) is 29.4 Å².